The number of rotatable bonds is 4. The van der Waals surface area contributed by atoms with Gasteiger partial charge in [-0.1, -0.05) is 12.1 Å². The fourth-order valence-electron chi connectivity index (χ4n) is 3.25. The van der Waals surface area contributed by atoms with Gasteiger partial charge in [-0.15, -0.1) is 5.10 Å². The van der Waals surface area contributed by atoms with Crippen LogP contribution in [0.1, 0.15) is 20.8 Å². The van der Waals surface area contributed by atoms with Crippen LogP contribution in [-0.2, 0) is 11.8 Å². The quantitative estimate of drug-likeness (QED) is 0.313. The summed E-state index contributed by atoms with van der Waals surface area (Å²) in [6, 6.07) is 8.52. The van der Waals surface area contributed by atoms with Crippen molar-refractivity contribution in [3.8, 4) is 22.8 Å². The fourth-order valence-corrected chi connectivity index (χ4v) is 3.25. The molecule has 10 nitrogen and oxygen atoms in total. The Kier molecular flexibility index (Phi) is 5.32. The first-order valence-electron chi connectivity index (χ1n) is 9.89. The number of fused-ring (bicyclic) bond motifs is 1. The maximum Gasteiger partial charge on any atom is 0.435 e. The molecule has 0 amide bonds. The molecule has 11 heteroatoms. The molecule has 0 fully saturated rings. The van der Waals surface area contributed by atoms with Gasteiger partial charge in [0.25, 0.3) is 5.69 Å². The second kappa shape index (κ2) is 8.01. The average molecular weight is 453 g/mol. The maximum absolute atomic E-state index is 14.4. The van der Waals surface area contributed by atoms with Crippen LogP contribution in [0.15, 0.2) is 48.8 Å². The van der Waals surface area contributed by atoms with Crippen LogP contribution in [0.4, 0.5) is 14.9 Å². The Labute approximate surface area is 187 Å². The minimum atomic E-state index is -0.891. The van der Waals surface area contributed by atoms with Crippen molar-refractivity contribution in [2.24, 2.45) is 7.05 Å². The van der Waals surface area contributed by atoms with Gasteiger partial charge in [0.15, 0.2) is 11.6 Å². The summed E-state index contributed by atoms with van der Waals surface area (Å²) in [5, 5.41) is 19.9. The molecule has 0 unspecified atom stereocenters. The number of carbonyl (C=O) groups excluding carboxylic acids is 1. The molecule has 2 heterocycles. The summed E-state index contributed by atoms with van der Waals surface area (Å²) < 4.78 is 28.1. The lowest BCUT2D eigenvalue weighted by Gasteiger charge is -2.18. The lowest BCUT2D eigenvalue weighted by atomic mass is 10.1. The predicted octanol–water partition coefficient (Wildman–Crippen LogP) is 5.06. The van der Waals surface area contributed by atoms with Gasteiger partial charge >= 0.3 is 6.09 Å². The molecule has 0 aliphatic heterocycles. The zero-order chi connectivity index (χ0) is 23.9. The molecule has 33 heavy (non-hydrogen) atoms. The molecule has 0 bridgehead atoms. The lowest BCUT2D eigenvalue weighted by molar-refractivity contribution is -0.385. The lowest BCUT2D eigenvalue weighted by Crippen LogP contribution is -2.27. The van der Waals surface area contributed by atoms with Crippen molar-refractivity contribution in [2.75, 3.05) is 0 Å². The smallest absolute Gasteiger partial charge is 0.435 e. The van der Waals surface area contributed by atoms with Crippen molar-refractivity contribution in [3.05, 3.63) is 64.7 Å². The van der Waals surface area contributed by atoms with Gasteiger partial charge in [-0.25, -0.2) is 9.18 Å². The number of benzene rings is 2. The van der Waals surface area contributed by atoms with E-state index in [1.165, 1.54) is 18.5 Å². The largest absolute Gasteiger partial charge is 0.442 e. The number of hydrogen-bond acceptors (Lipinski definition) is 7. The number of non-ortho nitro benzene ring substituents is 1. The summed E-state index contributed by atoms with van der Waals surface area (Å²) in [6.07, 6.45) is 2.39. The number of carbonyl (C=O) groups is 1. The molecule has 0 saturated carbocycles. The van der Waals surface area contributed by atoms with Crippen molar-refractivity contribution in [1.82, 2.24) is 19.6 Å². The summed E-state index contributed by atoms with van der Waals surface area (Å²) in [6.45, 7) is 5.27. The van der Waals surface area contributed by atoms with Crippen molar-refractivity contribution >= 4 is 22.7 Å². The summed E-state index contributed by atoms with van der Waals surface area (Å²) >= 11 is 0. The molecular weight excluding hydrogens is 433 g/mol. The van der Waals surface area contributed by atoms with Crippen LogP contribution in [0, 0.1) is 15.9 Å². The summed E-state index contributed by atoms with van der Waals surface area (Å²) in [4.78, 5) is 22.5. The number of nitrogens with zero attached hydrogens (tertiary/aromatic N) is 5. The second-order valence-electron chi connectivity index (χ2n) is 8.26. The van der Waals surface area contributed by atoms with Gasteiger partial charge in [-0.3, -0.25) is 14.8 Å². The Bertz CT molecular complexity index is 1390. The van der Waals surface area contributed by atoms with E-state index in [4.69, 9.17) is 9.47 Å². The Morgan fingerprint density at radius 1 is 1.21 bits per heavy atom. The third-order valence-corrected chi connectivity index (χ3v) is 4.65. The molecule has 0 N–H and O–H groups in total. The average Bonchev–Trinajstić information content (AvgIpc) is 3.34. The molecule has 170 valence electrons. The Morgan fingerprint density at radius 3 is 2.64 bits per heavy atom. The molecule has 2 aromatic heterocycles. The first-order valence-corrected chi connectivity index (χ1v) is 9.89. The van der Waals surface area contributed by atoms with Crippen LogP contribution in [-0.4, -0.2) is 36.2 Å². The molecular formula is C22H20FN5O5. The SMILES string of the molecule is Cn1nc(Oc2ccc([N+](=O)[O-])cc2F)c2c(-c3cnn(C(=O)OC(C)(C)C)c3)cccc21. The van der Waals surface area contributed by atoms with E-state index in [0.29, 0.717) is 22.0 Å². The van der Waals surface area contributed by atoms with E-state index in [1.807, 2.05) is 6.07 Å². The van der Waals surface area contributed by atoms with Crippen LogP contribution < -0.4 is 4.74 Å². The summed E-state index contributed by atoms with van der Waals surface area (Å²) in [5.41, 5.74) is 0.861. The Morgan fingerprint density at radius 2 is 1.97 bits per heavy atom. The number of nitro groups is 1. The van der Waals surface area contributed by atoms with Crippen molar-refractivity contribution in [1.29, 1.82) is 0 Å². The highest BCUT2D eigenvalue weighted by Gasteiger charge is 2.22. The fraction of sp³-hybridized carbons (Fsp3) is 0.227. The van der Waals surface area contributed by atoms with E-state index >= 15 is 0 Å². The number of hydrogen-bond donors (Lipinski definition) is 0. The third-order valence-electron chi connectivity index (χ3n) is 4.65. The molecule has 4 aromatic rings. The van der Waals surface area contributed by atoms with Crippen molar-refractivity contribution in [3.63, 3.8) is 0 Å². The van der Waals surface area contributed by atoms with E-state index in [1.54, 1.807) is 44.6 Å². The first kappa shape index (κ1) is 21.9. The van der Waals surface area contributed by atoms with Gasteiger partial charge < -0.3 is 9.47 Å². The van der Waals surface area contributed by atoms with E-state index in [0.717, 1.165) is 16.8 Å². The van der Waals surface area contributed by atoms with E-state index in [-0.39, 0.29) is 17.3 Å². The molecule has 0 atom stereocenters. The highest BCUT2D eigenvalue weighted by atomic mass is 19.1. The van der Waals surface area contributed by atoms with Gasteiger partial charge in [0.2, 0.25) is 5.88 Å². The molecule has 0 radical (unpaired) electrons. The van der Waals surface area contributed by atoms with Crippen molar-refractivity contribution < 1.29 is 23.6 Å². The van der Waals surface area contributed by atoms with Crippen LogP contribution in [0.25, 0.3) is 22.0 Å². The topological polar surface area (TPSA) is 114 Å². The minimum Gasteiger partial charge on any atom is -0.442 e. The number of nitro benzene ring substituents is 1. The predicted molar refractivity (Wildman–Crippen MR) is 117 cm³/mol. The van der Waals surface area contributed by atoms with Crippen molar-refractivity contribution in [2.45, 2.75) is 26.4 Å². The van der Waals surface area contributed by atoms with Crippen LogP contribution >= 0.6 is 0 Å². The highest BCUT2D eigenvalue weighted by Crippen LogP contribution is 2.37. The Balaban J connectivity index is 1.75. The monoisotopic (exact) mass is 453 g/mol. The van der Waals surface area contributed by atoms with Crippen LogP contribution in [0.2, 0.25) is 0 Å². The summed E-state index contributed by atoms with van der Waals surface area (Å²) in [7, 11) is 1.70. The maximum atomic E-state index is 14.4. The van der Waals surface area contributed by atoms with E-state index in [2.05, 4.69) is 10.2 Å². The van der Waals surface area contributed by atoms with Crippen LogP contribution in [0.5, 0.6) is 11.6 Å². The van der Waals surface area contributed by atoms with Gasteiger partial charge in [0.05, 0.1) is 28.1 Å². The van der Waals surface area contributed by atoms with Gasteiger partial charge in [0, 0.05) is 24.9 Å². The summed E-state index contributed by atoms with van der Waals surface area (Å²) in [5.74, 6) is -1.00. The first-order chi connectivity index (χ1) is 15.5. The van der Waals surface area contributed by atoms with Gasteiger partial charge in [-0.2, -0.15) is 9.78 Å². The second-order valence-corrected chi connectivity index (χ2v) is 8.26. The van der Waals surface area contributed by atoms with Gasteiger partial charge in [-0.05, 0) is 38.5 Å². The molecule has 0 spiro atoms. The van der Waals surface area contributed by atoms with Gasteiger partial charge in [0.1, 0.15) is 5.60 Å². The molecule has 0 saturated heterocycles. The molecule has 4 rings (SSSR count). The number of aryl methyl sites for hydroxylation is 1. The highest BCUT2D eigenvalue weighted by molar-refractivity contribution is 5.99. The molecule has 0 aliphatic rings. The number of halogens is 1. The van der Waals surface area contributed by atoms with E-state index < -0.39 is 22.4 Å². The molecule has 2 aromatic carbocycles. The zero-order valence-corrected chi connectivity index (χ0v) is 18.3. The standard InChI is InChI=1S/C22H20FN5O5/c1-22(2,3)33-21(29)27-12-13(11-24-27)15-6-5-7-17-19(15)20(25-26(17)4)32-18-9-8-14(28(30)31)10-16(18)23/h5-12H,1-4H3. The molecule has 0 aliphatic carbocycles. The minimum absolute atomic E-state index is 0.0980. The third kappa shape index (κ3) is 4.38. The normalized spacial score (nSPS) is 11.5. The zero-order valence-electron chi connectivity index (χ0n) is 18.3. The number of aromatic nitrogens is 4. The van der Waals surface area contributed by atoms with E-state index in [9.17, 15) is 19.3 Å². The number of ether oxygens (including phenoxy) is 2. The van der Waals surface area contributed by atoms with Crippen LogP contribution in [0.3, 0.4) is 0 Å². The Hall–Kier alpha value is -4.28.